The number of piperazine rings is 1. The second-order valence-electron chi connectivity index (χ2n) is 7.06. The highest BCUT2D eigenvalue weighted by molar-refractivity contribution is 5.95. The van der Waals surface area contributed by atoms with Crippen molar-refractivity contribution >= 4 is 11.8 Å². The van der Waals surface area contributed by atoms with Gasteiger partial charge in [-0.2, -0.15) is 18.3 Å². The van der Waals surface area contributed by atoms with Crippen molar-refractivity contribution in [2.75, 3.05) is 26.2 Å². The van der Waals surface area contributed by atoms with Gasteiger partial charge in [0.2, 0.25) is 0 Å². The number of benzene rings is 1. The van der Waals surface area contributed by atoms with Crippen LogP contribution in [-0.4, -0.2) is 63.0 Å². The summed E-state index contributed by atoms with van der Waals surface area (Å²) in [4.78, 5) is 32.4. The van der Waals surface area contributed by atoms with E-state index in [1.54, 1.807) is 35.5 Å². The Balaban J connectivity index is 1.37. The number of aromatic amines is 1. The van der Waals surface area contributed by atoms with Crippen molar-refractivity contribution in [3.8, 4) is 11.3 Å². The number of H-pyrrole nitrogens is 1. The van der Waals surface area contributed by atoms with Crippen molar-refractivity contribution in [2.45, 2.75) is 6.18 Å². The SMILES string of the molecule is O=C(c1ccc(C(F)(F)F)cc1)N1CCN(C(=O)c2cc(-c3ccncc3)n[nH]2)CC1. The topological polar surface area (TPSA) is 82.2 Å². The highest BCUT2D eigenvalue weighted by Gasteiger charge is 2.31. The fourth-order valence-electron chi connectivity index (χ4n) is 3.37. The Labute approximate surface area is 175 Å². The first-order valence-electron chi connectivity index (χ1n) is 9.54. The minimum atomic E-state index is -4.45. The van der Waals surface area contributed by atoms with Gasteiger partial charge in [0, 0.05) is 49.7 Å². The van der Waals surface area contributed by atoms with Gasteiger partial charge in [0.05, 0.1) is 11.3 Å². The van der Waals surface area contributed by atoms with Crippen molar-refractivity contribution in [1.29, 1.82) is 0 Å². The molecule has 1 aromatic carbocycles. The van der Waals surface area contributed by atoms with E-state index in [1.807, 2.05) is 0 Å². The maximum atomic E-state index is 12.8. The van der Waals surface area contributed by atoms with Crippen LogP contribution in [0.2, 0.25) is 0 Å². The van der Waals surface area contributed by atoms with Crippen LogP contribution in [0.4, 0.5) is 13.2 Å². The van der Waals surface area contributed by atoms with Crippen LogP contribution in [0, 0.1) is 0 Å². The number of hydrogen-bond donors (Lipinski definition) is 1. The third kappa shape index (κ3) is 4.42. The Kier molecular flexibility index (Phi) is 5.45. The van der Waals surface area contributed by atoms with E-state index in [1.165, 1.54) is 17.0 Å². The molecule has 1 N–H and O–H groups in total. The van der Waals surface area contributed by atoms with E-state index >= 15 is 0 Å². The number of hydrogen-bond acceptors (Lipinski definition) is 4. The lowest BCUT2D eigenvalue weighted by atomic mass is 10.1. The van der Waals surface area contributed by atoms with E-state index in [0.717, 1.165) is 17.7 Å². The van der Waals surface area contributed by atoms with Crippen LogP contribution in [0.5, 0.6) is 0 Å². The number of carbonyl (C=O) groups excluding carboxylic acids is 2. The van der Waals surface area contributed by atoms with Gasteiger partial charge in [-0.15, -0.1) is 0 Å². The molecule has 31 heavy (non-hydrogen) atoms. The number of rotatable bonds is 3. The summed E-state index contributed by atoms with van der Waals surface area (Å²) in [6.07, 6.45) is -1.17. The Bertz CT molecular complexity index is 1070. The van der Waals surface area contributed by atoms with Gasteiger partial charge in [-0.3, -0.25) is 19.7 Å². The molecule has 1 saturated heterocycles. The van der Waals surface area contributed by atoms with Crippen molar-refractivity contribution in [1.82, 2.24) is 25.0 Å². The predicted molar refractivity (Wildman–Crippen MR) is 105 cm³/mol. The fourth-order valence-corrected chi connectivity index (χ4v) is 3.37. The summed E-state index contributed by atoms with van der Waals surface area (Å²) in [6, 6.07) is 9.38. The Morgan fingerprint density at radius 1 is 0.871 bits per heavy atom. The molecule has 0 atom stereocenters. The van der Waals surface area contributed by atoms with Gasteiger partial charge in [0.15, 0.2) is 0 Å². The summed E-state index contributed by atoms with van der Waals surface area (Å²) in [5.74, 6) is -0.586. The van der Waals surface area contributed by atoms with Crippen molar-refractivity contribution < 1.29 is 22.8 Å². The molecule has 0 bridgehead atoms. The monoisotopic (exact) mass is 429 g/mol. The van der Waals surface area contributed by atoms with Gasteiger partial charge in [-0.05, 0) is 42.5 Å². The molecule has 2 aromatic heterocycles. The van der Waals surface area contributed by atoms with Gasteiger partial charge in [0.1, 0.15) is 5.69 Å². The van der Waals surface area contributed by atoms with Crippen molar-refractivity contribution in [2.24, 2.45) is 0 Å². The molecule has 1 aliphatic rings. The molecular formula is C21H18F3N5O2. The first-order chi connectivity index (χ1) is 14.8. The minimum absolute atomic E-state index is 0.184. The molecule has 160 valence electrons. The summed E-state index contributed by atoms with van der Waals surface area (Å²) in [5.41, 5.74) is 1.18. The molecule has 0 aliphatic carbocycles. The van der Waals surface area contributed by atoms with E-state index < -0.39 is 11.7 Å². The van der Waals surface area contributed by atoms with Gasteiger partial charge in [0.25, 0.3) is 11.8 Å². The zero-order valence-corrected chi connectivity index (χ0v) is 16.3. The van der Waals surface area contributed by atoms with Gasteiger partial charge in [-0.25, -0.2) is 0 Å². The number of aromatic nitrogens is 3. The third-order valence-electron chi connectivity index (χ3n) is 5.10. The predicted octanol–water partition coefficient (Wildman–Crippen LogP) is 3.09. The third-order valence-corrected chi connectivity index (χ3v) is 5.10. The van der Waals surface area contributed by atoms with Gasteiger partial charge in [-0.1, -0.05) is 0 Å². The van der Waals surface area contributed by atoms with Crippen LogP contribution in [0.25, 0.3) is 11.3 Å². The summed E-state index contributed by atoms with van der Waals surface area (Å²) in [5, 5.41) is 6.91. The number of halogens is 3. The van der Waals surface area contributed by atoms with E-state index in [0.29, 0.717) is 24.5 Å². The number of carbonyl (C=O) groups is 2. The second-order valence-corrected chi connectivity index (χ2v) is 7.06. The quantitative estimate of drug-likeness (QED) is 0.694. The number of nitrogens with zero attached hydrogens (tertiary/aromatic N) is 4. The number of pyridine rings is 1. The van der Waals surface area contributed by atoms with Crippen LogP contribution in [0.3, 0.4) is 0 Å². The molecule has 1 aliphatic heterocycles. The number of amides is 2. The van der Waals surface area contributed by atoms with Crippen LogP contribution >= 0.6 is 0 Å². The molecule has 10 heteroatoms. The zero-order chi connectivity index (χ0) is 22.0. The molecule has 0 spiro atoms. The Hall–Kier alpha value is -3.69. The summed E-state index contributed by atoms with van der Waals surface area (Å²) in [7, 11) is 0. The standard InChI is InChI=1S/C21H18F3N5O2/c22-21(23,24)16-3-1-15(2-4-16)19(30)28-9-11-29(12-10-28)20(31)18-13-17(26-27-18)14-5-7-25-8-6-14/h1-8,13H,9-12H2,(H,26,27). The largest absolute Gasteiger partial charge is 0.416 e. The fraction of sp³-hybridized carbons (Fsp3) is 0.238. The smallest absolute Gasteiger partial charge is 0.335 e. The molecule has 0 radical (unpaired) electrons. The van der Waals surface area contributed by atoms with E-state index in [9.17, 15) is 22.8 Å². The van der Waals surface area contributed by atoms with Crippen LogP contribution in [0.1, 0.15) is 26.4 Å². The first-order valence-corrected chi connectivity index (χ1v) is 9.54. The second kappa shape index (κ2) is 8.21. The van der Waals surface area contributed by atoms with Gasteiger partial charge >= 0.3 is 6.18 Å². The van der Waals surface area contributed by atoms with Crippen molar-refractivity contribution in [3.63, 3.8) is 0 Å². The molecule has 3 heterocycles. The maximum Gasteiger partial charge on any atom is 0.416 e. The molecule has 2 amide bonds. The lowest BCUT2D eigenvalue weighted by molar-refractivity contribution is -0.137. The lowest BCUT2D eigenvalue weighted by Gasteiger charge is -2.34. The molecular weight excluding hydrogens is 411 g/mol. The number of nitrogens with one attached hydrogen (secondary N) is 1. The average molecular weight is 429 g/mol. The van der Waals surface area contributed by atoms with E-state index in [-0.39, 0.29) is 30.5 Å². The zero-order valence-electron chi connectivity index (χ0n) is 16.3. The van der Waals surface area contributed by atoms with Crippen molar-refractivity contribution in [3.05, 3.63) is 71.7 Å². The molecule has 4 rings (SSSR count). The molecule has 1 fully saturated rings. The Morgan fingerprint density at radius 2 is 1.45 bits per heavy atom. The first kappa shape index (κ1) is 20.6. The highest BCUT2D eigenvalue weighted by Crippen LogP contribution is 2.29. The Morgan fingerprint density at radius 3 is 2.03 bits per heavy atom. The van der Waals surface area contributed by atoms with Gasteiger partial charge < -0.3 is 9.80 Å². The maximum absolute atomic E-state index is 12.8. The lowest BCUT2D eigenvalue weighted by Crippen LogP contribution is -2.50. The molecule has 3 aromatic rings. The average Bonchev–Trinajstić information content (AvgIpc) is 3.29. The van der Waals surface area contributed by atoms with Crippen LogP contribution in [-0.2, 0) is 6.18 Å². The van der Waals surface area contributed by atoms with E-state index in [2.05, 4.69) is 15.2 Å². The van der Waals surface area contributed by atoms with Crippen LogP contribution in [0.15, 0.2) is 54.9 Å². The normalized spacial score (nSPS) is 14.5. The van der Waals surface area contributed by atoms with Crippen LogP contribution < -0.4 is 0 Å². The summed E-state index contributed by atoms with van der Waals surface area (Å²) < 4.78 is 38.1. The minimum Gasteiger partial charge on any atom is -0.335 e. The summed E-state index contributed by atoms with van der Waals surface area (Å²) in [6.45, 7) is 1.21. The molecule has 0 saturated carbocycles. The molecule has 0 unspecified atom stereocenters. The molecule has 7 nitrogen and oxygen atoms in total. The summed E-state index contributed by atoms with van der Waals surface area (Å²) >= 11 is 0. The van der Waals surface area contributed by atoms with E-state index in [4.69, 9.17) is 0 Å². The number of alkyl halides is 3. The highest BCUT2D eigenvalue weighted by atomic mass is 19.4.